The molecule has 0 aliphatic carbocycles. The van der Waals surface area contributed by atoms with Gasteiger partial charge in [0.25, 0.3) is 11.8 Å². The zero-order valence-electron chi connectivity index (χ0n) is 14.9. The van der Waals surface area contributed by atoms with Crippen molar-refractivity contribution in [2.24, 2.45) is 13.0 Å². The van der Waals surface area contributed by atoms with E-state index in [0.29, 0.717) is 17.2 Å². The molecule has 6 nitrogen and oxygen atoms in total. The molecule has 3 aromatic rings. The molecule has 2 heterocycles. The van der Waals surface area contributed by atoms with E-state index in [9.17, 15) is 9.59 Å². The van der Waals surface area contributed by atoms with E-state index >= 15 is 0 Å². The molecule has 2 aromatic heterocycles. The molecule has 0 saturated heterocycles. The summed E-state index contributed by atoms with van der Waals surface area (Å²) in [5, 5.41) is 0.863. The second-order valence-corrected chi connectivity index (χ2v) is 7.58. The van der Waals surface area contributed by atoms with Crippen molar-refractivity contribution in [3.8, 4) is 0 Å². The van der Waals surface area contributed by atoms with Crippen LogP contribution in [0.5, 0.6) is 0 Å². The highest BCUT2D eigenvalue weighted by atomic mass is 79.9. The third-order valence-electron chi connectivity index (χ3n) is 4.09. The normalized spacial score (nSPS) is 11.1. The third-order valence-corrected chi connectivity index (χ3v) is 4.52. The van der Waals surface area contributed by atoms with E-state index in [0.717, 1.165) is 21.9 Å². The van der Waals surface area contributed by atoms with Crippen LogP contribution in [-0.4, -0.2) is 20.9 Å². The van der Waals surface area contributed by atoms with E-state index in [-0.39, 0.29) is 11.8 Å². The summed E-state index contributed by atoms with van der Waals surface area (Å²) >= 11 is 3.33. The lowest BCUT2D eigenvalue weighted by Crippen LogP contribution is -2.42. The summed E-state index contributed by atoms with van der Waals surface area (Å²) in [7, 11) is 1.76. The zero-order chi connectivity index (χ0) is 18.8. The minimum Gasteiger partial charge on any atom is -0.346 e. The molecule has 0 aliphatic rings. The van der Waals surface area contributed by atoms with E-state index in [4.69, 9.17) is 0 Å². The highest BCUT2D eigenvalue weighted by Crippen LogP contribution is 2.22. The number of para-hydroxylation sites is 1. The molecule has 2 amide bonds. The maximum atomic E-state index is 12.6. The van der Waals surface area contributed by atoms with Gasteiger partial charge in [-0.15, -0.1) is 0 Å². The topological polar surface area (TPSA) is 68.1 Å². The van der Waals surface area contributed by atoms with E-state index < -0.39 is 0 Å². The monoisotopic (exact) mass is 416 g/mol. The predicted octanol–water partition coefficient (Wildman–Crippen LogP) is 3.47. The Morgan fingerprint density at radius 2 is 1.81 bits per heavy atom. The number of amides is 2. The molecule has 0 aliphatic heterocycles. The summed E-state index contributed by atoms with van der Waals surface area (Å²) in [5.74, 6) is -0.264. The Balaban J connectivity index is 1.80. The van der Waals surface area contributed by atoms with Crippen molar-refractivity contribution in [1.29, 1.82) is 0 Å². The summed E-state index contributed by atoms with van der Waals surface area (Å²) in [6.07, 6.45) is 3.61. The molecule has 0 fully saturated rings. The van der Waals surface area contributed by atoms with Gasteiger partial charge in [0, 0.05) is 41.4 Å². The molecular formula is C19H21BrN4O2. The van der Waals surface area contributed by atoms with Gasteiger partial charge in [0.05, 0.1) is 5.56 Å². The van der Waals surface area contributed by atoms with E-state index in [1.165, 1.54) is 0 Å². The second-order valence-electron chi connectivity index (χ2n) is 6.67. The highest BCUT2D eigenvalue weighted by Gasteiger charge is 2.17. The number of benzene rings is 1. The van der Waals surface area contributed by atoms with Crippen LogP contribution in [0.3, 0.4) is 0 Å². The molecular weight excluding hydrogens is 396 g/mol. The van der Waals surface area contributed by atoms with Crippen molar-refractivity contribution < 1.29 is 9.59 Å². The number of aryl methyl sites for hydroxylation is 1. The number of nitrogens with one attached hydrogen (secondary N) is 2. The smallest absolute Gasteiger partial charge is 0.286 e. The van der Waals surface area contributed by atoms with Crippen LogP contribution in [0, 0.1) is 5.92 Å². The summed E-state index contributed by atoms with van der Waals surface area (Å²) < 4.78 is 4.55. The van der Waals surface area contributed by atoms with Gasteiger partial charge in [-0.25, -0.2) is 0 Å². The molecule has 0 spiro atoms. The Labute approximate surface area is 160 Å². The van der Waals surface area contributed by atoms with Crippen molar-refractivity contribution >= 4 is 38.6 Å². The van der Waals surface area contributed by atoms with Gasteiger partial charge < -0.3 is 9.13 Å². The van der Waals surface area contributed by atoms with Crippen LogP contribution in [0.2, 0.25) is 0 Å². The van der Waals surface area contributed by atoms with Gasteiger partial charge in [-0.2, -0.15) is 0 Å². The van der Waals surface area contributed by atoms with E-state index in [1.807, 2.05) is 30.5 Å². The summed E-state index contributed by atoms with van der Waals surface area (Å²) in [4.78, 5) is 24.9. The van der Waals surface area contributed by atoms with Crippen LogP contribution in [0.15, 0.2) is 47.2 Å². The van der Waals surface area contributed by atoms with Gasteiger partial charge in [0.2, 0.25) is 0 Å². The Kier molecular flexibility index (Phi) is 5.18. The van der Waals surface area contributed by atoms with Crippen molar-refractivity contribution in [2.45, 2.75) is 20.4 Å². The van der Waals surface area contributed by atoms with Gasteiger partial charge in [0.1, 0.15) is 5.69 Å². The number of hydrogen-bond acceptors (Lipinski definition) is 2. The van der Waals surface area contributed by atoms with Crippen molar-refractivity contribution in [3.05, 3.63) is 58.5 Å². The summed E-state index contributed by atoms with van der Waals surface area (Å²) in [5.41, 5.74) is 6.97. The zero-order valence-corrected chi connectivity index (χ0v) is 16.5. The van der Waals surface area contributed by atoms with Crippen molar-refractivity contribution in [1.82, 2.24) is 20.0 Å². The quantitative estimate of drug-likeness (QED) is 0.639. The van der Waals surface area contributed by atoms with Crippen molar-refractivity contribution in [3.63, 3.8) is 0 Å². The molecule has 0 bridgehead atoms. The number of aromatic nitrogens is 2. The van der Waals surface area contributed by atoms with Gasteiger partial charge >= 0.3 is 0 Å². The summed E-state index contributed by atoms with van der Waals surface area (Å²) in [6, 6.07) is 9.45. The number of carbonyl (C=O) groups is 2. The lowest BCUT2D eigenvalue weighted by molar-refractivity contribution is 0.0843. The standard InChI is InChI=1S/C19H21BrN4O2/c1-12(2)9-24-11-15(14-6-4-5-7-16(14)24)18(25)21-22-19(26)17-8-13(20)10-23(17)3/h4-8,10-12H,9H2,1-3H3,(H,21,25)(H,22,26). The number of halogens is 1. The minimum absolute atomic E-state index is 0.342. The molecule has 2 N–H and O–H groups in total. The maximum Gasteiger partial charge on any atom is 0.286 e. The van der Waals surface area contributed by atoms with E-state index in [2.05, 4.69) is 45.2 Å². The number of fused-ring (bicyclic) bond motifs is 1. The molecule has 0 unspecified atom stereocenters. The molecule has 26 heavy (non-hydrogen) atoms. The molecule has 1 aromatic carbocycles. The van der Waals surface area contributed by atoms with Crippen LogP contribution in [-0.2, 0) is 13.6 Å². The Bertz CT molecular complexity index is 971. The Hall–Kier alpha value is -2.54. The number of hydrogen-bond donors (Lipinski definition) is 2. The number of hydrazine groups is 1. The first-order chi connectivity index (χ1) is 12.4. The Morgan fingerprint density at radius 3 is 2.46 bits per heavy atom. The second kappa shape index (κ2) is 7.37. The van der Waals surface area contributed by atoms with E-state index in [1.54, 1.807) is 23.9 Å². The van der Waals surface area contributed by atoms with Gasteiger partial charge in [0.15, 0.2) is 0 Å². The van der Waals surface area contributed by atoms with Gasteiger partial charge in [-0.1, -0.05) is 32.0 Å². The largest absolute Gasteiger partial charge is 0.346 e. The number of rotatable bonds is 4. The molecule has 7 heteroatoms. The highest BCUT2D eigenvalue weighted by molar-refractivity contribution is 9.10. The molecule has 0 saturated carbocycles. The lowest BCUT2D eigenvalue weighted by Gasteiger charge is -2.08. The molecule has 3 rings (SSSR count). The maximum absolute atomic E-state index is 12.6. The first-order valence-corrected chi connectivity index (χ1v) is 9.16. The van der Waals surface area contributed by atoms with Gasteiger partial charge in [-0.3, -0.25) is 20.4 Å². The van der Waals surface area contributed by atoms with Crippen LogP contribution in [0.25, 0.3) is 10.9 Å². The fourth-order valence-electron chi connectivity index (χ4n) is 2.97. The SMILES string of the molecule is CC(C)Cn1cc(C(=O)NNC(=O)c2cc(Br)cn2C)c2ccccc21. The fourth-order valence-corrected chi connectivity index (χ4v) is 3.49. The van der Waals surface area contributed by atoms with Crippen molar-refractivity contribution in [2.75, 3.05) is 0 Å². The first-order valence-electron chi connectivity index (χ1n) is 8.37. The molecule has 136 valence electrons. The summed E-state index contributed by atoms with van der Waals surface area (Å²) in [6.45, 7) is 5.08. The van der Waals surface area contributed by atoms with Crippen LogP contribution in [0.1, 0.15) is 34.7 Å². The first kappa shape index (κ1) is 18.3. The minimum atomic E-state index is -0.377. The average molecular weight is 417 g/mol. The van der Waals surface area contributed by atoms with Crippen LogP contribution in [0.4, 0.5) is 0 Å². The average Bonchev–Trinajstić information content (AvgIpc) is 3.12. The fraction of sp³-hybridized carbons (Fsp3) is 0.263. The van der Waals surface area contributed by atoms with Gasteiger partial charge in [-0.05, 0) is 34.0 Å². The number of nitrogens with zero attached hydrogens (tertiary/aromatic N) is 2. The molecule has 0 atom stereocenters. The van der Waals surface area contributed by atoms with Crippen LogP contribution >= 0.6 is 15.9 Å². The lowest BCUT2D eigenvalue weighted by atomic mass is 10.1. The van der Waals surface area contributed by atoms with Crippen LogP contribution < -0.4 is 10.9 Å². The third kappa shape index (κ3) is 3.67. The number of carbonyl (C=O) groups excluding carboxylic acids is 2. The molecule has 0 radical (unpaired) electrons. The Morgan fingerprint density at radius 1 is 1.12 bits per heavy atom. The predicted molar refractivity (Wildman–Crippen MR) is 105 cm³/mol.